The van der Waals surface area contributed by atoms with Crippen LogP contribution in [-0.4, -0.2) is 53.4 Å². The van der Waals surface area contributed by atoms with E-state index >= 15 is 0 Å². The van der Waals surface area contributed by atoms with Gasteiger partial charge in [0, 0.05) is 13.0 Å². The van der Waals surface area contributed by atoms with Crippen LogP contribution in [0.15, 0.2) is 30.3 Å². The van der Waals surface area contributed by atoms with Gasteiger partial charge in [-0.1, -0.05) is 44.2 Å². The number of carbonyl (C=O) groups excluding carboxylic acids is 4. The standard InChI is InChI=1S/C28H40N4O5/c1-18(2)25-27(35)30-20(4)28(36)32-16-10-14-23(31-32)26(34)29-19(3)22-13-9-12-21(17-22)11-7-5-6-8-15-24(33)37-25/h7,9,11-13,17-20,23,25,31H,5-6,8,10,14-16H2,1-4H3,(H,29,34)(H,30,35)/t19-,20+,23+,25+/m1/s1. The van der Waals surface area contributed by atoms with E-state index in [9.17, 15) is 19.2 Å². The van der Waals surface area contributed by atoms with Crippen molar-refractivity contribution in [2.24, 2.45) is 5.92 Å². The topological polar surface area (TPSA) is 117 Å². The van der Waals surface area contributed by atoms with Crippen LogP contribution in [0, 0.1) is 5.92 Å². The molecular weight excluding hydrogens is 472 g/mol. The van der Waals surface area contributed by atoms with E-state index in [0.717, 1.165) is 24.0 Å². The number of nitrogens with one attached hydrogen (secondary N) is 3. The molecule has 1 fully saturated rings. The molecule has 4 atom stereocenters. The molecule has 0 spiro atoms. The van der Waals surface area contributed by atoms with Crippen LogP contribution in [-0.2, 0) is 23.9 Å². The van der Waals surface area contributed by atoms with Crippen molar-refractivity contribution >= 4 is 29.8 Å². The molecule has 0 radical (unpaired) electrons. The number of fused-ring (bicyclic) bond motifs is 4. The minimum Gasteiger partial charge on any atom is -0.452 e. The van der Waals surface area contributed by atoms with Crippen molar-refractivity contribution in [2.75, 3.05) is 6.54 Å². The second-order valence-electron chi connectivity index (χ2n) is 10.2. The Kier molecular flexibility index (Phi) is 10.3. The molecule has 0 unspecified atom stereocenters. The summed E-state index contributed by atoms with van der Waals surface area (Å²) in [7, 11) is 0. The molecule has 3 amide bonds. The third-order valence-corrected chi connectivity index (χ3v) is 6.70. The molecule has 0 aliphatic carbocycles. The summed E-state index contributed by atoms with van der Waals surface area (Å²) >= 11 is 0. The van der Waals surface area contributed by atoms with E-state index in [-0.39, 0.29) is 30.2 Å². The molecule has 2 aliphatic heterocycles. The van der Waals surface area contributed by atoms with E-state index < -0.39 is 30.1 Å². The lowest BCUT2D eigenvalue weighted by Crippen LogP contribution is -2.61. The number of rotatable bonds is 1. The molecule has 0 saturated carbocycles. The molecule has 2 aliphatic rings. The minimum absolute atomic E-state index is 0.184. The van der Waals surface area contributed by atoms with Gasteiger partial charge in [-0.3, -0.25) is 24.2 Å². The zero-order valence-electron chi connectivity index (χ0n) is 22.3. The Morgan fingerprint density at radius 2 is 1.73 bits per heavy atom. The highest BCUT2D eigenvalue weighted by Gasteiger charge is 2.33. The van der Waals surface area contributed by atoms with E-state index in [1.54, 1.807) is 20.8 Å². The van der Waals surface area contributed by atoms with Crippen LogP contribution in [0.1, 0.15) is 83.4 Å². The summed E-state index contributed by atoms with van der Waals surface area (Å²) in [5, 5.41) is 7.14. The molecule has 37 heavy (non-hydrogen) atoms. The van der Waals surface area contributed by atoms with Gasteiger partial charge in [0.15, 0.2) is 6.10 Å². The molecule has 9 heteroatoms. The molecule has 202 valence electrons. The predicted octanol–water partition coefficient (Wildman–Crippen LogP) is 3.02. The summed E-state index contributed by atoms with van der Waals surface area (Å²) in [6.07, 6.45) is 6.86. The first kappa shape index (κ1) is 28.4. The average molecular weight is 513 g/mol. The Morgan fingerprint density at radius 3 is 2.49 bits per heavy atom. The van der Waals surface area contributed by atoms with Gasteiger partial charge in [-0.25, -0.2) is 5.43 Å². The highest BCUT2D eigenvalue weighted by molar-refractivity contribution is 5.90. The lowest BCUT2D eigenvalue weighted by atomic mass is 10.0. The molecule has 1 aromatic rings. The summed E-state index contributed by atoms with van der Waals surface area (Å²) < 4.78 is 5.49. The maximum atomic E-state index is 13.1. The lowest BCUT2D eigenvalue weighted by Gasteiger charge is -2.35. The van der Waals surface area contributed by atoms with Gasteiger partial charge < -0.3 is 15.4 Å². The average Bonchev–Trinajstić information content (AvgIpc) is 2.88. The number of hydrogen-bond donors (Lipinski definition) is 3. The highest BCUT2D eigenvalue weighted by atomic mass is 16.5. The van der Waals surface area contributed by atoms with Crippen LogP contribution in [0.5, 0.6) is 0 Å². The van der Waals surface area contributed by atoms with Gasteiger partial charge in [-0.15, -0.1) is 0 Å². The van der Waals surface area contributed by atoms with Crippen LogP contribution in [0.2, 0.25) is 0 Å². The van der Waals surface area contributed by atoms with Gasteiger partial charge in [0.05, 0.1) is 6.04 Å². The molecule has 4 bridgehead atoms. The molecule has 3 N–H and O–H groups in total. The van der Waals surface area contributed by atoms with Gasteiger partial charge in [-0.05, 0) is 69.1 Å². The number of hydrogen-bond acceptors (Lipinski definition) is 6. The van der Waals surface area contributed by atoms with Gasteiger partial charge in [0.25, 0.3) is 11.8 Å². The Hall–Kier alpha value is -3.20. The Balaban J connectivity index is 1.79. The number of carbonyl (C=O) groups is 4. The Bertz CT molecular complexity index is 1010. The number of nitrogens with zero attached hydrogens (tertiary/aromatic N) is 1. The SMILES string of the molecule is CC(C)[C@@H]1OC(=O)CCCCC=Cc2cccc(c2)[C@@H](C)NC(=O)[C@@H]2CCCN(N2)C(=O)[C@H](C)NC1=O. The van der Waals surface area contributed by atoms with Crippen molar-refractivity contribution in [3.05, 3.63) is 41.5 Å². The number of hydrazine groups is 1. The molecule has 0 aromatic heterocycles. The van der Waals surface area contributed by atoms with E-state index in [2.05, 4.69) is 22.1 Å². The summed E-state index contributed by atoms with van der Waals surface area (Å²) in [5.41, 5.74) is 5.05. The third-order valence-electron chi connectivity index (χ3n) is 6.70. The van der Waals surface area contributed by atoms with Crippen LogP contribution < -0.4 is 16.1 Å². The Labute approximate surface area is 219 Å². The number of amides is 3. The van der Waals surface area contributed by atoms with Gasteiger partial charge >= 0.3 is 5.97 Å². The van der Waals surface area contributed by atoms with Crippen LogP contribution in [0.3, 0.4) is 0 Å². The number of cyclic esters (lactones) is 1. The van der Waals surface area contributed by atoms with Crippen LogP contribution >= 0.6 is 0 Å². The van der Waals surface area contributed by atoms with Crippen molar-refractivity contribution in [1.82, 2.24) is 21.1 Å². The fraction of sp³-hybridized carbons (Fsp3) is 0.571. The van der Waals surface area contributed by atoms with E-state index in [0.29, 0.717) is 25.8 Å². The van der Waals surface area contributed by atoms with Crippen molar-refractivity contribution in [1.29, 1.82) is 0 Å². The maximum absolute atomic E-state index is 13.1. The summed E-state index contributed by atoms with van der Waals surface area (Å²) in [6.45, 7) is 7.54. The Morgan fingerprint density at radius 1 is 0.973 bits per heavy atom. The molecule has 9 nitrogen and oxygen atoms in total. The minimum atomic E-state index is -0.984. The van der Waals surface area contributed by atoms with Crippen molar-refractivity contribution in [3.63, 3.8) is 0 Å². The van der Waals surface area contributed by atoms with Gasteiger partial charge in [-0.2, -0.15) is 0 Å². The first-order valence-electron chi connectivity index (χ1n) is 13.3. The quantitative estimate of drug-likeness (QED) is 0.498. The van der Waals surface area contributed by atoms with E-state index in [1.807, 2.05) is 37.3 Å². The first-order valence-corrected chi connectivity index (χ1v) is 13.3. The van der Waals surface area contributed by atoms with E-state index in [4.69, 9.17) is 4.74 Å². The van der Waals surface area contributed by atoms with Crippen molar-refractivity contribution in [3.8, 4) is 0 Å². The zero-order chi connectivity index (χ0) is 26.9. The van der Waals surface area contributed by atoms with Crippen LogP contribution in [0.4, 0.5) is 0 Å². The van der Waals surface area contributed by atoms with Gasteiger partial charge in [0.1, 0.15) is 12.1 Å². The van der Waals surface area contributed by atoms with Crippen molar-refractivity contribution < 1.29 is 23.9 Å². The largest absolute Gasteiger partial charge is 0.452 e. The summed E-state index contributed by atoms with van der Waals surface area (Å²) in [6, 6.07) is 6.38. The molecule has 3 rings (SSSR count). The smallest absolute Gasteiger partial charge is 0.306 e. The molecular formula is C28H40N4O5. The normalized spacial score (nSPS) is 27.0. The summed E-state index contributed by atoms with van der Waals surface area (Å²) in [5.74, 6) is -1.72. The van der Waals surface area contributed by atoms with Crippen molar-refractivity contribution in [2.45, 2.75) is 90.4 Å². The lowest BCUT2D eigenvalue weighted by molar-refractivity contribution is -0.159. The maximum Gasteiger partial charge on any atom is 0.306 e. The fourth-order valence-corrected chi connectivity index (χ4v) is 4.50. The number of esters is 1. The fourth-order valence-electron chi connectivity index (χ4n) is 4.50. The number of allylic oxidation sites excluding steroid dienone is 1. The third kappa shape index (κ3) is 8.15. The second-order valence-corrected chi connectivity index (χ2v) is 10.2. The van der Waals surface area contributed by atoms with Crippen LogP contribution in [0.25, 0.3) is 6.08 Å². The van der Waals surface area contributed by atoms with E-state index in [1.165, 1.54) is 5.01 Å². The molecule has 2 heterocycles. The highest BCUT2D eigenvalue weighted by Crippen LogP contribution is 2.18. The van der Waals surface area contributed by atoms with Gasteiger partial charge in [0.2, 0.25) is 5.91 Å². The monoisotopic (exact) mass is 512 g/mol. The number of benzene rings is 1. The zero-order valence-corrected chi connectivity index (χ0v) is 22.3. The molecule has 1 saturated heterocycles. The summed E-state index contributed by atoms with van der Waals surface area (Å²) in [4.78, 5) is 51.4. The first-order chi connectivity index (χ1) is 17.7. The number of ether oxygens (including phenoxy) is 1. The molecule has 1 aromatic carbocycles. The predicted molar refractivity (Wildman–Crippen MR) is 141 cm³/mol. The second kappa shape index (κ2) is 13.4.